The number of para-hydroxylation sites is 2. The zero-order chi connectivity index (χ0) is 18.7. The minimum absolute atomic E-state index is 0.0729. The molecule has 2 atom stereocenters. The molecule has 0 unspecified atom stereocenters. The van der Waals surface area contributed by atoms with Gasteiger partial charge in [0.1, 0.15) is 21.6 Å². The number of aromatic nitrogens is 2. The minimum atomic E-state index is -0.0729. The summed E-state index contributed by atoms with van der Waals surface area (Å²) in [6.07, 6.45) is 1.05. The van der Waals surface area contributed by atoms with Crippen molar-refractivity contribution in [3.8, 4) is 5.75 Å². The second kappa shape index (κ2) is 8.31. The Bertz CT molecular complexity index is 813. The Morgan fingerprint density at radius 1 is 1.35 bits per heavy atom. The Morgan fingerprint density at radius 2 is 2.12 bits per heavy atom. The van der Waals surface area contributed by atoms with Gasteiger partial charge in [-0.2, -0.15) is 0 Å². The van der Waals surface area contributed by atoms with E-state index in [-0.39, 0.29) is 5.91 Å². The van der Waals surface area contributed by atoms with Gasteiger partial charge in [0, 0.05) is 16.7 Å². The standard InChI is InChI=1S/C19H23N3O2S2/c1-5-13-11(2)26-19-17(13)18(20-12(3)21-19)25-10-16(23)22-14-8-6-7-9-15(14)24-4/h6-9,11,13H,5,10H2,1-4H3,(H,22,23)/t11-,13+/m0/s1. The monoisotopic (exact) mass is 389 g/mol. The highest BCUT2D eigenvalue weighted by Gasteiger charge is 2.33. The summed E-state index contributed by atoms with van der Waals surface area (Å²) in [5, 5.41) is 5.42. The van der Waals surface area contributed by atoms with E-state index in [4.69, 9.17) is 4.74 Å². The quantitative estimate of drug-likeness (QED) is 0.579. The van der Waals surface area contributed by atoms with E-state index < -0.39 is 0 Å². The summed E-state index contributed by atoms with van der Waals surface area (Å²) in [4.78, 5) is 21.6. The number of aryl methyl sites for hydroxylation is 1. The van der Waals surface area contributed by atoms with E-state index in [1.54, 1.807) is 7.11 Å². The van der Waals surface area contributed by atoms with Gasteiger partial charge in [-0.05, 0) is 25.5 Å². The van der Waals surface area contributed by atoms with E-state index >= 15 is 0 Å². The van der Waals surface area contributed by atoms with Gasteiger partial charge in [-0.1, -0.05) is 37.7 Å². The van der Waals surface area contributed by atoms with Gasteiger partial charge < -0.3 is 10.1 Å². The number of fused-ring (bicyclic) bond motifs is 1. The third-order valence-electron chi connectivity index (χ3n) is 4.38. The van der Waals surface area contributed by atoms with Crippen molar-refractivity contribution in [2.75, 3.05) is 18.2 Å². The first-order valence-corrected chi connectivity index (χ1v) is 10.5. The van der Waals surface area contributed by atoms with Crippen LogP contribution in [0, 0.1) is 6.92 Å². The number of thioether (sulfide) groups is 2. The Labute approximate surface area is 162 Å². The molecule has 0 fully saturated rings. The lowest BCUT2D eigenvalue weighted by Gasteiger charge is -2.15. The summed E-state index contributed by atoms with van der Waals surface area (Å²) in [5.74, 6) is 2.08. The van der Waals surface area contributed by atoms with Gasteiger partial charge in [-0.25, -0.2) is 9.97 Å². The Kier molecular flexibility index (Phi) is 6.09. The molecule has 2 aromatic rings. The van der Waals surface area contributed by atoms with Gasteiger partial charge in [0.15, 0.2) is 0 Å². The van der Waals surface area contributed by atoms with Crippen LogP contribution in [-0.2, 0) is 4.79 Å². The van der Waals surface area contributed by atoms with Crippen molar-refractivity contribution in [1.82, 2.24) is 9.97 Å². The zero-order valence-electron chi connectivity index (χ0n) is 15.4. The van der Waals surface area contributed by atoms with Crippen molar-refractivity contribution >= 4 is 35.1 Å². The molecule has 1 aromatic heterocycles. The summed E-state index contributed by atoms with van der Waals surface area (Å²) in [7, 11) is 1.59. The third-order valence-corrected chi connectivity index (χ3v) is 6.61. The number of ether oxygens (including phenoxy) is 1. The van der Waals surface area contributed by atoms with Crippen molar-refractivity contribution in [3.63, 3.8) is 0 Å². The topological polar surface area (TPSA) is 64.1 Å². The molecule has 1 aliphatic heterocycles. The average Bonchev–Trinajstić information content (AvgIpc) is 2.94. The lowest BCUT2D eigenvalue weighted by atomic mass is 9.96. The van der Waals surface area contributed by atoms with Crippen LogP contribution in [0.2, 0.25) is 0 Å². The van der Waals surface area contributed by atoms with E-state index in [0.29, 0.717) is 28.4 Å². The Balaban J connectivity index is 1.73. The van der Waals surface area contributed by atoms with E-state index in [9.17, 15) is 4.79 Å². The van der Waals surface area contributed by atoms with Crippen LogP contribution in [0.25, 0.3) is 0 Å². The van der Waals surface area contributed by atoms with Gasteiger partial charge in [0.05, 0.1) is 18.6 Å². The van der Waals surface area contributed by atoms with Gasteiger partial charge in [0.2, 0.25) is 5.91 Å². The second-order valence-electron chi connectivity index (χ2n) is 6.17. The molecule has 138 valence electrons. The first kappa shape index (κ1) is 19.0. The van der Waals surface area contributed by atoms with Crippen molar-refractivity contribution in [2.45, 2.75) is 48.4 Å². The molecule has 3 rings (SSSR count). The molecule has 1 aromatic carbocycles. The lowest BCUT2D eigenvalue weighted by molar-refractivity contribution is -0.113. The Hall–Kier alpha value is -1.73. The summed E-state index contributed by atoms with van der Waals surface area (Å²) in [6, 6.07) is 7.41. The number of benzene rings is 1. The number of hydrogen-bond donors (Lipinski definition) is 1. The molecule has 5 nitrogen and oxygen atoms in total. The highest BCUT2D eigenvalue weighted by Crippen LogP contribution is 2.48. The van der Waals surface area contributed by atoms with Crippen LogP contribution in [0.3, 0.4) is 0 Å². The van der Waals surface area contributed by atoms with Crippen LogP contribution in [0.15, 0.2) is 34.3 Å². The summed E-state index contributed by atoms with van der Waals surface area (Å²) in [6.45, 7) is 6.34. The number of carbonyl (C=O) groups excluding carboxylic acids is 1. The average molecular weight is 390 g/mol. The lowest BCUT2D eigenvalue weighted by Crippen LogP contribution is -2.15. The van der Waals surface area contributed by atoms with E-state index in [1.807, 2.05) is 43.0 Å². The molecule has 0 aliphatic carbocycles. The van der Waals surface area contributed by atoms with Crippen LogP contribution in [0.1, 0.15) is 37.6 Å². The number of hydrogen-bond acceptors (Lipinski definition) is 6. The normalized spacial score (nSPS) is 18.5. The van der Waals surface area contributed by atoms with E-state index in [0.717, 1.165) is 22.3 Å². The summed E-state index contributed by atoms with van der Waals surface area (Å²) in [5.41, 5.74) is 1.89. The van der Waals surface area contributed by atoms with Gasteiger partial charge in [-0.15, -0.1) is 11.8 Å². The zero-order valence-corrected chi connectivity index (χ0v) is 17.0. The minimum Gasteiger partial charge on any atom is -0.495 e. The van der Waals surface area contributed by atoms with Crippen molar-refractivity contribution < 1.29 is 9.53 Å². The molecule has 0 bridgehead atoms. The number of methoxy groups -OCH3 is 1. The van der Waals surface area contributed by atoms with Crippen molar-refractivity contribution in [1.29, 1.82) is 0 Å². The first-order valence-electron chi connectivity index (χ1n) is 8.64. The maximum Gasteiger partial charge on any atom is 0.234 e. The second-order valence-corrected chi connectivity index (χ2v) is 8.50. The molecule has 7 heteroatoms. The fraction of sp³-hybridized carbons (Fsp3) is 0.421. The van der Waals surface area contributed by atoms with Crippen LogP contribution in [-0.4, -0.2) is 34.0 Å². The SMILES string of the molecule is CC[C@H]1c2c(SCC(=O)Nc3ccccc3OC)nc(C)nc2S[C@H]1C. The molecule has 0 saturated carbocycles. The molecule has 1 aliphatic rings. The molecular formula is C19H23N3O2S2. The van der Waals surface area contributed by atoms with E-state index in [1.165, 1.54) is 17.3 Å². The van der Waals surface area contributed by atoms with Crippen LogP contribution in [0.4, 0.5) is 5.69 Å². The largest absolute Gasteiger partial charge is 0.495 e. The fourth-order valence-corrected chi connectivity index (χ4v) is 5.55. The number of nitrogens with zero attached hydrogens (tertiary/aromatic N) is 2. The van der Waals surface area contributed by atoms with Gasteiger partial charge in [0.25, 0.3) is 0 Å². The van der Waals surface area contributed by atoms with Gasteiger partial charge in [-0.3, -0.25) is 4.79 Å². The van der Waals surface area contributed by atoms with Crippen LogP contribution < -0.4 is 10.1 Å². The van der Waals surface area contributed by atoms with Crippen molar-refractivity contribution in [3.05, 3.63) is 35.7 Å². The number of rotatable bonds is 6. The fourth-order valence-electron chi connectivity index (χ4n) is 3.14. The predicted octanol–water partition coefficient (Wildman–Crippen LogP) is 4.51. The third kappa shape index (κ3) is 3.99. The molecule has 1 N–H and O–H groups in total. The highest BCUT2D eigenvalue weighted by molar-refractivity contribution is 8.01. The molecule has 0 radical (unpaired) electrons. The van der Waals surface area contributed by atoms with E-state index in [2.05, 4.69) is 29.1 Å². The molecule has 2 heterocycles. The Morgan fingerprint density at radius 3 is 2.85 bits per heavy atom. The number of nitrogens with one attached hydrogen (secondary N) is 1. The smallest absolute Gasteiger partial charge is 0.234 e. The molecule has 26 heavy (non-hydrogen) atoms. The predicted molar refractivity (Wildman–Crippen MR) is 107 cm³/mol. The number of amides is 1. The molecular weight excluding hydrogens is 366 g/mol. The van der Waals surface area contributed by atoms with Crippen LogP contribution in [0.5, 0.6) is 5.75 Å². The van der Waals surface area contributed by atoms with Gasteiger partial charge >= 0.3 is 0 Å². The molecule has 1 amide bonds. The molecule has 0 saturated heterocycles. The van der Waals surface area contributed by atoms with Crippen molar-refractivity contribution in [2.24, 2.45) is 0 Å². The number of carbonyl (C=O) groups is 1. The van der Waals surface area contributed by atoms with Crippen LogP contribution >= 0.6 is 23.5 Å². The maximum atomic E-state index is 12.4. The molecule has 0 spiro atoms. The summed E-state index contributed by atoms with van der Waals surface area (Å²) >= 11 is 3.30. The highest BCUT2D eigenvalue weighted by atomic mass is 32.2. The summed E-state index contributed by atoms with van der Waals surface area (Å²) < 4.78 is 5.28. The first-order chi connectivity index (χ1) is 12.5. The maximum absolute atomic E-state index is 12.4. The number of anilines is 1.